The fourth-order valence-corrected chi connectivity index (χ4v) is 2.17. The lowest BCUT2D eigenvalue weighted by Gasteiger charge is -2.13. The lowest BCUT2D eigenvalue weighted by atomic mass is 10.2. The highest BCUT2D eigenvalue weighted by Crippen LogP contribution is 2.13. The smallest absolute Gasteiger partial charge is 0.437 e. The number of esters is 1. The number of nitrogens with zero attached hydrogens (tertiary/aromatic N) is 2. The second kappa shape index (κ2) is 10.0. The fourth-order valence-electron chi connectivity index (χ4n) is 2.17. The predicted octanol–water partition coefficient (Wildman–Crippen LogP) is 0.0774. The van der Waals surface area contributed by atoms with E-state index in [1.807, 2.05) is 6.92 Å². The molecular weight excluding hydrogens is 368 g/mol. The zero-order chi connectivity index (χ0) is 20.5. The first-order valence-corrected chi connectivity index (χ1v) is 8.76. The van der Waals surface area contributed by atoms with Gasteiger partial charge in [0.25, 0.3) is 5.91 Å². The first-order chi connectivity index (χ1) is 13.4. The zero-order valence-corrected chi connectivity index (χ0v) is 15.6. The summed E-state index contributed by atoms with van der Waals surface area (Å²) in [6.07, 6.45) is 0.775. The Balaban J connectivity index is 1.83. The van der Waals surface area contributed by atoms with Crippen molar-refractivity contribution >= 4 is 17.8 Å². The van der Waals surface area contributed by atoms with Crippen LogP contribution in [-0.4, -0.2) is 46.8 Å². The van der Waals surface area contributed by atoms with Crippen molar-refractivity contribution in [3.05, 3.63) is 40.9 Å². The van der Waals surface area contributed by atoms with Gasteiger partial charge in [-0.15, -0.1) is 5.10 Å². The molecule has 0 unspecified atom stereocenters. The van der Waals surface area contributed by atoms with Crippen molar-refractivity contribution < 1.29 is 23.5 Å². The number of benzene rings is 1. The summed E-state index contributed by atoms with van der Waals surface area (Å²) in [5.74, 6) is -2.55. The van der Waals surface area contributed by atoms with E-state index >= 15 is 0 Å². The summed E-state index contributed by atoms with van der Waals surface area (Å²) in [4.78, 5) is 47.1. The van der Waals surface area contributed by atoms with Crippen LogP contribution in [0.2, 0.25) is 0 Å². The van der Waals surface area contributed by atoms with Gasteiger partial charge in [-0.1, -0.05) is 25.1 Å². The molecule has 1 aromatic heterocycles. The average molecular weight is 390 g/mol. The van der Waals surface area contributed by atoms with Crippen LogP contribution < -0.4 is 16.4 Å². The van der Waals surface area contributed by atoms with E-state index in [1.165, 1.54) is 6.92 Å². The van der Waals surface area contributed by atoms with Gasteiger partial charge in [0.1, 0.15) is 12.6 Å². The minimum Gasteiger partial charge on any atom is -0.454 e. The highest BCUT2D eigenvalue weighted by molar-refractivity contribution is 5.88. The quantitative estimate of drug-likeness (QED) is 0.579. The van der Waals surface area contributed by atoms with Gasteiger partial charge >= 0.3 is 11.7 Å². The number of ether oxygens (including phenoxy) is 1. The Morgan fingerprint density at radius 1 is 1.25 bits per heavy atom. The molecule has 10 nitrogen and oxygen atoms in total. The van der Waals surface area contributed by atoms with Crippen LogP contribution in [0.3, 0.4) is 0 Å². The van der Waals surface area contributed by atoms with Gasteiger partial charge in [-0.05, 0) is 25.5 Å². The molecule has 0 saturated carbocycles. The molecule has 0 saturated heterocycles. The van der Waals surface area contributed by atoms with Crippen LogP contribution in [0.25, 0.3) is 11.5 Å². The summed E-state index contributed by atoms with van der Waals surface area (Å²) in [6.45, 7) is 2.85. The van der Waals surface area contributed by atoms with E-state index < -0.39 is 36.8 Å². The average Bonchev–Trinajstić information content (AvgIpc) is 3.05. The van der Waals surface area contributed by atoms with E-state index in [4.69, 9.17) is 9.15 Å². The van der Waals surface area contributed by atoms with Crippen LogP contribution in [0.4, 0.5) is 0 Å². The molecule has 1 heterocycles. The van der Waals surface area contributed by atoms with E-state index in [2.05, 4.69) is 15.7 Å². The van der Waals surface area contributed by atoms with Crippen LogP contribution in [-0.2, 0) is 25.7 Å². The molecule has 2 rings (SSSR count). The van der Waals surface area contributed by atoms with Gasteiger partial charge in [-0.25, -0.2) is 4.79 Å². The van der Waals surface area contributed by atoms with Crippen LogP contribution in [0.1, 0.15) is 20.3 Å². The molecule has 150 valence electrons. The highest BCUT2D eigenvalue weighted by atomic mass is 16.5. The zero-order valence-electron chi connectivity index (χ0n) is 15.6. The van der Waals surface area contributed by atoms with Gasteiger partial charge in [-0.2, -0.15) is 4.68 Å². The number of rotatable bonds is 9. The third-order valence-electron chi connectivity index (χ3n) is 3.59. The van der Waals surface area contributed by atoms with E-state index in [-0.39, 0.29) is 11.8 Å². The molecule has 0 fully saturated rings. The largest absolute Gasteiger partial charge is 0.454 e. The van der Waals surface area contributed by atoms with Crippen molar-refractivity contribution in [3.8, 4) is 11.5 Å². The Morgan fingerprint density at radius 2 is 1.96 bits per heavy atom. The van der Waals surface area contributed by atoms with Crippen LogP contribution in [0, 0.1) is 0 Å². The standard InChI is InChI=1S/C18H22N4O6/c1-3-9-19-16(25)12(2)20-14(23)11-27-15(24)10-22-18(26)28-17(21-22)13-7-5-4-6-8-13/h4-8,12H,3,9-11H2,1-2H3,(H,19,25)(H,20,23)/t12-/m0/s1. The first-order valence-electron chi connectivity index (χ1n) is 8.76. The highest BCUT2D eigenvalue weighted by Gasteiger charge is 2.18. The normalized spacial score (nSPS) is 11.5. The maximum atomic E-state index is 11.9. The molecule has 1 atom stereocenters. The van der Waals surface area contributed by atoms with E-state index in [9.17, 15) is 19.2 Å². The molecule has 0 aliphatic rings. The Morgan fingerprint density at radius 3 is 2.64 bits per heavy atom. The Bertz CT molecular complexity index is 874. The van der Waals surface area contributed by atoms with Crippen molar-refractivity contribution in [1.82, 2.24) is 20.4 Å². The summed E-state index contributed by atoms with van der Waals surface area (Å²) >= 11 is 0. The summed E-state index contributed by atoms with van der Waals surface area (Å²) < 4.78 is 10.6. The minimum absolute atomic E-state index is 0.0723. The fraction of sp³-hybridized carbons (Fsp3) is 0.389. The number of hydrogen-bond acceptors (Lipinski definition) is 7. The molecule has 0 bridgehead atoms. The minimum atomic E-state index is -0.840. The van der Waals surface area contributed by atoms with E-state index in [1.54, 1.807) is 30.3 Å². The number of nitrogens with one attached hydrogen (secondary N) is 2. The summed E-state index contributed by atoms with van der Waals surface area (Å²) in [5.41, 5.74) is 0.585. The molecule has 28 heavy (non-hydrogen) atoms. The molecule has 0 radical (unpaired) electrons. The molecule has 10 heteroatoms. The monoisotopic (exact) mass is 390 g/mol. The summed E-state index contributed by atoms with van der Waals surface area (Å²) in [7, 11) is 0. The number of hydrogen-bond donors (Lipinski definition) is 2. The molecular formula is C18H22N4O6. The summed E-state index contributed by atoms with van der Waals surface area (Å²) in [6, 6.07) is 7.96. The number of amides is 2. The topological polar surface area (TPSA) is 133 Å². The van der Waals surface area contributed by atoms with Crippen molar-refractivity contribution in [2.75, 3.05) is 13.2 Å². The maximum Gasteiger partial charge on any atom is 0.437 e. The van der Waals surface area contributed by atoms with Gasteiger partial charge in [0.15, 0.2) is 6.61 Å². The van der Waals surface area contributed by atoms with Crippen LogP contribution >= 0.6 is 0 Å². The maximum absolute atomic E-state index is 11.9. The van der Waals surface area contributed by atoms with Gasteiger partial charge in [-0.3, -0.25) is 14.4 Å². The molecule has 0 aliphatic carbocycles. The van der Waals surface area contributed by atoms with Crippen LogP contribution in [0.15, 0.2) is 39.5 Å². The van der Waals surface area contributed by atoms with Gasteiger partial charge < -0.3 is 19.8 Å². The Hall–Kier alpha value is -3.43. The van der Waals surface area contributed by atoms with Crippen molar-refractivity contribution in [2.24, 2.45) is 0 Å². The third-order valence-corrected chi connectivity index (χ3v) is 3.59. The van der Waals surface area contributed by atoms with Crippen molar-refractivity contribution in [3.63, 3.8) is 0 Å². The molecule has 0 spiro atoms. The van der Waals surface area contributed by atoms with E-state index in [0.29, 0.717) is 12.1 Å². The number of aromatic nitrogens is 2. The van der Waals surface area contributed by atoms with Gasteiger partial charge in [0.05, 0.1) is 0 Å². The summed E-state index contributed by atoms with van der Waals surface area (Å²) in [5, 5.41) is 8.98. The second-order valence-electron chi connectivity index (χ2n) is 5.94. The number of carbonyl (C=O) groups excluding carboxylic acids is 3. The lowest BCUT2D eigenvalue weighted by molar-refractivity contribution is -0.149. The van der Waals surface area contributed by atoms with Crippen LogP contribution in [0.5, 0.6) is 0 Å². The second-order valence-corrected chi connectivity index (χ2v) is 5.94. The molecule has 0 aliphatic heterocycles. The van der Waals surface area contributed by atoms with Gasteiger partial charge in [0.2, 0.25) is 11.8 Å². The van der Waals surface area contributed by atoms with Crippen molar-refractivity contribution in [2.45, 2.75) is 32.9 Å². The molecule has 2 amide bonds. The Labute approximate surface area is 160 Å². The first kappa shape index (κ1) is 20.9. The van der Waals surface area contributed by atoms with Crippen molar-refractivity contribution in [1.29, 1.82) is 0 Å². The van der Waals surface area contributed by atoms with Gasteiger partial charge in [0, 0.05) is 12.1 Å². The molecule has 2 N–H and O–H groups in total. The predicted molar refractivity (Wildman–Crippen MR) is 98.1 cm³/mol. The number of carbonyl (C=O) groups is 3. The van der Waals surface area contributed by atoms with E-state index in [0.717, 1.165) is 11.1 Å². The SMILES string of the molecule is CCCNC(=O)[C@H](C)NC(=O)COC(=O)Cn1nc(-c2ccccc2)oc1=O. The lowest BCUT2D eigenvalue weighted by Crippen LogP contribution is -2.46. The third kappa shape index (κ3) is 6.08. The Kier molecular flexibility index (Phi) is 7.49. The molecule has 2 aromatic rings. The molecule has 1 aromatic carbocycles.